The van der Waals surface area contributed by atoms with Crippen molar-refractivity contribution in [1.82, 2.24) is 10.6 Å². The van der Waals surface area contributed by atoms with Gasteiger partial charge in [-0.15, -0.1) is 0 Å². The molecule has 1 rings (SSSR count). The monoisotopic (exact) mass is 169 g/mol. The molecular weight excluding hydrogens is 156 g/mol. The summed E-state index contributed by atoms with van der Waals surface area (Å²) in [6.45, 7) is 4.16. The maximum Gasteiger partial charge on any atom is 0.313 e. The molecule has 0 aromatic heterocycles. The number of carbonyl (C=O) groups excluding carboxylic acids is 1. The van der Waals surface area contributed by atoms with Gasteiger partial charge in [-0.3, -0.25) is 4.79 Å². The van der Waals surface area contributed by atoms with Gasteiger partial charge in [0.15, 0.2) is 0 Å². The quantitative estimate of drug-likeness (QED) is 0.562. The second-order valence-electron chi connectivity index (χ2n) is 2.53. The lowest BCUT2D eigenvalue weighted by atomic mass is 10.2. The van der Waals surface area contributed by atoms with Gasteiger partial charge in [0, 0.05) is 18.8 Å². The SMILES string of the molecule is C/C=C(/N[C]=O)C1CNCCO1. The van der Waals surface area contributed by atoms with Crippen LogP contribution < -0.4 is 10.6 Å². The fourth-order valence-electron chi connectivity index (χ4n) is 1.16. The van der Waals surface area contributed by atoms with Crippen LogP contribution in [-0.4, -0.2) is 32.2 Å². The molecule has 1 saturated heterocycles. The van der Waals surface area contributed by atoms with Gasteiger partial charge < -0.3 is 15.4 Å². The van der Waals surface area contributed by atoms with Crippen molar-refractivity contribution in [1.29, 1.82) is 0 Å². The smallest absolute Gasteiger partial charge is 0.313 e. The molecule has 1 atom stereocenters. The molecule has 1 aliphatic rings. The molecule has 12 heavy (non-hydrogen) atoms. The minimum atomic E-state index is -0.0369. The van der Waals surface area contributed by atoms with E-state index in [9.17, 15) is 4.79 Å². The summed E-state index contributed by atoms with van der Waals surface area (Å²) in [5.74, 6) is 0. The topological polar surface area (TPSA) is 50.4 Å². The molecule has 0 aliphatic carbocycles. The highest BCUT2D eigenvalue weighted by Gasteiger charge is 2.16. The van der Waals surface area contributed by atoms with Gasteiger partial charge in [0.05, 0.1) is 6.61 Å². The van der Waals surface area contributed by atoms with E-state index in [0.717, 1.165) is 18.8 Å². The Balaban J connectivity index is 2.46. The maximum atomic E-state index is 10.1. The molecule has 1 fully saturated rings. The van der Waals surface area contributed by atoms with E-state index in [4.69, 9.17) is 4.74 Å². The molecule has 4 nitrogen and oxygen atoms in total. The van der Waals surface area contributed by atoms with Crippen molar-refractivity contribution in [3.63, 3.8) is 0 Å². The number of ether oxygens (including phenoxy) is 1. The molecule has 0 saturated carbocycles. The Morgan fingerprint density at radius 3 is 3.17 bits per heavy atom. The van der Waals surface area contributed by atoms with Crippen molar-refractivity contribution in [2.45, 2.75) is 13.0 Å². The van der Waals surface area contributed by atoms with E-state index >= 15 is 0 Å². The zero-order valence-electron chi connectivity index (χ0n) is 7.09. The van der Waals surface area contributed by atoms with Crippen molar-refractivity contribution < 1.29 is 9.53 Å². The Morgan fingerprint density at radius 1 is 1.83 bits per heavy atom. The van der Waals surface area contributed by atoms with E-state index in [1.54, 1.807) is 6.41 Å². The predicted octanol–water partition coefficient (Wildman–Crippen LogP) is -0.465. The average Bonchev–Trinajstić information content (AvgIpc) is 2.15. The van der Waals surface area contributed by atoms with Gasteiger partial charge in [0.25, 0.3) is 0 Å². The third-order valence-electron chi connectivity index (χ3n) is 1.78. The van der Waals surface area contributed by atoms with Crippen molar-refractivity contribution in [3.05, 3.63) is 11.8 Å². The van der Waals surface area contributed by atoms with Crippen LogP contribution in [0.4, 0.5) is 0 Å². The number of hydrogen-bond acceptors (Lipinski definition) is 3. The molecule has 1 unspecified atom stereocenters. The van der Waals surface area contributed by atoms with Gasteiger partial charge in [-0.25, -0.2) is 0 Å². The molecule has 1 aliphatic heterocycles. The number of hydrogen-bond donors (Lipinski definition) is 2. The lowest BCUT2D eigenvalue weighted by molar-refractivity contribution is 0.0491. The Bertz CT molecular complexity index is 174. The van der Waals surface area contributed by atoms with Gasteiger partial charge >= 0.3 is 6.41 Å². The fourth-order valence-corrected chi connectivity index (χ4v) is 1.16. The number of rotatable bonds is 3. The van der Waals surface area contributed by atoms with Crippen LogP contribution in [0.2, 0.25) is 0 Å². The molecule has 1 amide bonds. The lowest BCUT2D eigenvalue weighted by Crippen LogP contribution is -2.42. The van der Waals surface area contributed by atoms with E-state index < -0.39 is 0 Å². The lowest BCUT2D eigenvalue weighted by Gasteiger charge is -2.25. The molecule has 1 radical (unpaired) electrons. The molecule has 0 aromatic rings. The Hall–Kier alpha value is -0.870. The van der Waals surface area contributed by atoms with Gasteiger partial charge in [0.1, 0.15) is 6.10 Å². The maximum absolute atomic E-state index is 10.1. The van der Waals surface area contributed by atoms with E-state index in [2.05, 4.69) is 10.6 Å². The van der Waals surface area contributed by atoms with E-state index in [1.165, 1.54) is 0 Å². The summed E-state index contributed by atoms with van der Waals surface area (Å²) in [6, 6.07) is 0. The van der Waals surface area contributed by atoms with E-state index in [0.29, 0.717) is 6.61 Å². The van der Waals surface area contributed by atoms with Crippen molar-refractivity contribution in [2.24, 2.45) is 0 Å². The predicted molar refractivity (Wildman–Crippen MR) is 45.2 cm³/mol. The van der Waals surface area contributed by atoms with Crippen LogP contribution in [0.1, 0.15) is 6.92 Å². The van der Waals surface area contributed by atoms with Crippen molar-refractivity contribution in [2.75, 3.05) is 19.7 Å². The van der Waals surface area contributed by atoms with Gasteiger partial charge in [-0.1, -0.05) is 6.08 Å². The summed E-state index contributed by atoms with van der Waals surface area (Å²) >= 11 is 0. The zero-order valence-corrected chi connectivity index (χ0v) is 7.09. The number of morpholine rings is 1. The molecular formula is C8H13N2O2. The van der Waals surface area contributed by atoms with Crippen LogP contribution >= 0.6 is 0 Å². The number of amides is 1. The highest BCUT2D eigenvalue weighted by atomic mass is 16.5. The molecule has 4 heteroatoms. The summed E-state index contributed by atoms with van der Waals surface area (Å²) in [5.41, 5.74) is 0.775. The third-order valence-corrected chi connectivity index (χ3v) is 1.78. The Kier molecular flexibility index (Phi) is 3.76. The fraction of sp³-hybridized carbons (Fsp3) is 0.625. The normalized spacial score (nSPS) is 25.1. The minimum Gasteiger partial charge on any atom is -0.369 e. The Labute approximate surface area is 72.0 Å². The number of nitrogens with one attached hydrogen (secondary N) is 2. The summed E-state index contributed by atoms with van der Waals surface area (Å²) in [6.07, 6.45) is 3.43. The molecule has 1 heterocycles. The zero-order chi connectivity index (χ0) is 8.81. The average molecular weight is 169 g/mol. The first kappa shape index (κ1) is 9.22. The minimum absolute atomic E-state index is 0.0369. The van der Waals surface area contributed by atoms with E-state index in [-0.39, 0.29) is 6.10 Å². The van der Waals surface area contributed by atoms with Crippen LogP contribution in [0.25, 0.3) is 0 Å². The van der Waals surface area contributed by atoms with Crippen LogP contribution in [0.15, 0.2) is 11.8 Å². The van der Waals surface area contributed by atoms with Crippen LogP contribution in [0.5, 0.6) is 0 Å². The second-order valence-corrected chi connectivity index (χ2v) is 2.53. The van der Waals surface area contributed by atoms with Crippen LogP contribution in [-0.2, 0) is 9.53 Å². The molecule has 2 N–H and O–H groups in total. The summed E-state index contributed by atoms with van der Waals surface area (Å²) in [5, 5.41) is 5.66. The van der Waals surface area contributed by atoms with Crippen LogP contribution in [0, 0.1) is 0 Å². The van der Waals surface area contributed by atoms with Gasteiger partial charge in [-0.2, -0.15) is 0 Å². The first-order chi connectivity index (χ1) is 5.88. The summed E-state index contributed by atoms with van der Waals surface area (Å²) in [7, 11) is 0. The van der Waals surface area contributed by atoms with Gasteiger partial charge in [-0.05, 0) is 6.92 Å². The molecule has 0 bridgehead atoms. The van der Waals surface area contributed by atoms with Crippen molar-refractivity contribution >= 4 is 6.41 Å². The largest absolute Gasteiger partial charge is 0.369 e. The highest BCUT2D eigenvalue weighted by Crippen LogP contribution is 2.04. The second kappa shape index (κ2) is 4.90. The molecule has 0 spiro atoms. The van der Waals surface area contributed by atoms with Gasteiger partial charge in [0.2, 0.25) is 0 Å². The first-order valence-corrected chi connectivity index (χ1v) is 4.00. The number of allylic oxidation sites excluding steroid dienone is 1. The first-order valence-electron chi connectivity index (χ1n) is 4.00. The Morgan fingerprint density at radius 2 is 2.67 bits per heavy atom. The molecule has 67 valence electrons. The molecule has 0 aromatic carbocycles. The van der Waals surface area contributed by atoms with Crippen molar-refractivity contribution in [3.8, 4) is 0 Å². The summed E-state index contributed by atoms with van der Waals surface area (Å²) in [4.78, 5) is 10.1. The third kappa shape index (κ3) is 2.32. The standard InChI is InChI=1S/C8H13N2O2/c1-2-7(10-6-11)8-5-9-3-4-12-8/h2,8-9H,3-5H2,1H3,(H,10,11)/b7-2+. The highest BCUT2D eigenvalue weighted by molar-refractivity contribution is 5.51. The summed E-state index contributed by atoms with van der Waals surface area (Å²) < 4.78 is 5.41. The van der Waals surface area contributed by atoms with Crippen LogP contribution in [0.3, 0.4) is 0 Å². The van der Waals surface area contributed by atoms with E-state index in [1.807, 2.05) is 13.0 Å².